The summed E-state index contributed by atoms with van der Waals surface area (Å²) in [5.41, 5.74) is -0.0846. The van der Waals surface area contributed by atoms with Gasteiger partial charge in [-0.3, -0.25) is 14.5 Å². The zero-order valence-corrected chi connectivity index (χ0v) is 8.93. The standard InChI is InChI=1S/C9H15NO2S/c1-9(2,6-13)5-10-7(11)3-4-8(10)12/h13H,3-6H2,1-2H3. The summed E-state index contributed by atoms with van der Waals surface area (Å²) in [6, 6.07) is 0. The Morgan fingerprint density at radius 3 is 2.15 bits per heavy atom. The van der Waals surface area contributed by atoms with Crippen LogP contribution in [0.2, 0.25) is 0 Å². The molecule has 2 amide bonds. The van der Waals surface area contributed by atoms with Crippen LogP contribution in [-0.2, 0) is 9.59 Å². The molecule has 1 fully saturated rings. The number of hydrogen-bond donors (Lipinski definition) is 1. The van der Waals surface area contributed by atoms with Crippen LogP contribution < -0.4 is 0 Å². The minimum absolute atomic E-state index is 0.0418. The van der Waals surface area contributed by atoms with Crippen molar-refractivity contribution in [1.29, 1.82) is 0 Å². The highest BCUT2D eigenvalue weighted by molar-refractivity contribution is 7.80. The first-order valence-electron chi connectivity index (χ1n) is 4.40. The molecular weight excluding hydrogens is 186 g/mol. The van der Waals surface area contributed by atoms with Crippen LogP contribution in [0.3, 0.4) is 0 Å². The number of carbonyl (C=O) groups is 2. The van der Waals surface area contributed by atoms with Gasteiger partial charge in [-0.25, -0.2) is 0 Å². The van der Waals surface area contributed by atoms with Gasteiger partial charge >= 0.3 is 0 Å². The average molecular weight is 201 g/mol. The molecule has 1 aliphatic rings. The number of amides is 2. The average Bonchev–Trinajstić information content (AvgIpc) is 2.36. The van der Waals surface area contributed by atoms with Gasteiger partial charge in [0.1, 0.15) is 0 Å². The minimum atomic E-state index is -0.0846. The third-order valence-electron chi connectivity index (χ3n) is 2.17. The van der Waals surface area contributed by atoms with Crippen molar-refractivity contribution in [2.75, 3.05) is 12.3 Å². The van der Waals surface area contributed by atoms with Gasteiger partial charge in [0.15, 0.2) is 0 Å². The van der Waals surface area contributed by atoms with Gasteiger partial charge < -0.3 is 0 Å². The molecule has 13 heavy (non-hydrogen) atoms. The molecule has 0 spiro atoms. The van der Waals surface area contributed by atoms with Crippen molar-refractivity contribution in [3.8, 4) is 0 Å². The smallest absolute Gasteiger partial charge is 0.229 e. The molecule has 0 radical (unpaired) electrons. The molecule has 0 aromatic rings. The second-order valence-corrected chi connectivity index (χ2v) is 4.51. The van der Waals surface area contributed by atoms with Crippen LogP contribution in [0.4, 0.5) is 0 Å². The molecule has 0 N–H and O–H groups in total. The van der Waals surface area contributed by atoms with E-state index in [1.54, 1.807) is 0 Å². The van der Waals surface area contributed by atoms with Crippen LogP contribution in [0.5, 0.6) is 0 Å². The summed E-state index contributed by atoms with van der Waals surface area (Å²) >= 11 is 4.18. The van der Waals surface area contributed by atoms with Crippen LogP contribution in [0.15, 0.2) is 0 Å². The lowest BCUT2D eigenvalue weighted by molar-refractivity contribution is -0.139. The summed E-state index contributed by atoms with van der Waals surface area (Å²) in [4.78, 5) is 23.9. The molecule has 0 bridgehead atoms. The van der Waals surface area contributed by atoms with Gasteiger partial charge in [-0.05, 0) is 11.2 Å². The molecular formula is C9H15NO2S. The SMILES string of the molecule is CC(C)(CS)CN1C(=O)CCC1=O. The largest absolute Gasteiger partial charge is 0.282 e. The number of nitrogens with zero attached hydrogens (tertiary/aromatic N) is 1. The number of thiol groups is 1. The van der Waals surface area contributed by atoms with E-state index in [-0.39, 0.29) is 17.2 Å². The summed E-state index contributed by atoms with van der Waals surface area (Å²) in [5, 5.41) is 0. The molecule has 1 saturated heterocycles. The summed E-state index contributed by atoms with van der Waals surface area (Å²) < 4.78 is 0. The van der Waals surface area contributed by atoms with Crippen LogP contribution >= 0.6 is 12.6 Å². The third-order valence-corrected chi connectivity index (χ3v) is 3.03. The molecule has 0 aromatic heterocycles. The van der Waals surface area contributed by atoms with E-state index in [4.69, 9.17) is 0 Å². The van der Waals surface area contributed by atoms with E-state index in [0.717, 1.165) is 0 Å². The van der Waals surface area contributed by atoms with Crippen molar-refractivity contribution in [3.05, 3.63) is 0 Å². The summed E-state index contributed by atoms with van der Waals surface area (Å²) in [6.45, 7) is 4.49. The van der Waals surface area contributed by atoms with Gasteiger partial charge in [0, 0.05) is 19.4 Å². The first-order chi connectivity index (χ1) is 5.96. The van der Waals surface area contributed by atoms with Crippen molar-refractivity contribution in [2.24, 2.45) is 5.41 Å². The van der Waals surface area contributed by atoms with Gasteiger partial charge in [-0.15, -0.1) is 0 Å². The maximum absolute atomic E-state index is 11.3. The lowest BCUT2D eigenvalue weighted by Gasteiger charge is -2.27. The third kappa shape index (κ3) is 2.46. The van der Waals surface area contributed by atoms with E-state index >= 15 is 0 Å². The maximum Gasteiger partial charge on any atom is 0.229 e. The number of rotatable bonds is 3. The number of imide groups is 1. The first kappa shape index (κ1) is 10.6. The van der Waals surface area contributed by atoms with Crippen molar-refractivity contribution >= 4 is 24.4 Å². The molecule has 1 aliphatic heterocycles. The quantitative estimate of drug-likeness (QED) is 0.548. The van der Waals surface area contributed by atoms with Crippen LogP contribution in [0.1, 0.15) is 26.7 Å². The monoisotopic (exact) mass is 201 g/mol. The highest BCUT2D eigenvalue weighted by Crippen LogP contribution is 2.22. The second-order valence-electron chi connectivity index (χ2n) is 4.20. The Bertz CT molecular complexity index is 222. The van der Waals surface area contributed by atoms with Crippen molar-refractivity contribution in [1.82, 2.24) is 4.90 Å². The number of hydrogen-bond acceptors (Lipinski definition) is 3. The van der Waals surface area contributed by atoms with Gasteiger partial charge in [0.25, 0.3) is 0 Å². The Kier molecular flexibility index (Phi) is 3.01. The predicted octanol–water partition coefficient (Wildman–Crippen LogP) is 1.09. The number of carbonyl (C=O) groups excluding carboxylic acids is 2. The van der Waals surface area contributed by atoms with Crippen LogP contribution in [-0.4, -0.2) is 29.0 Å². The van der Waals surface area contributed by atoms with Crippen molar-refractivity contribution in [3.63, 3.8) is 0 Å². The fraction of sp³-hybridized carbons (Fsp3) is 0.778. The zero-order chi connectivity index (χ0) is 10.1. The van der Waals surface area contributed by atoms with Crippen molar-refractivity contribution < 1.29 is 9.59 Å². The Balaban J connectivity index is 2.62. The van der Waals surface area contributed by atoms with E-state index < -0.39 is 0 Å². The maximum atomic E-state index is 11.3. The molecule has 1 rings (SSSR count). The van der Waals surface area contributed by atoms with Crippen molar-refractivity contribution in [2.45, 2.75) is 26.7 Å². The highest BCUT2D eigenvalue weighted by Gasteiger charge is 2.32. The van der Waals surface area contributed by atoms with Crippen LogP contribution in [0, 0.1) is 5.41 Å². The summed E-state index contributed by atoms with van der Waals surface area (Å²) in [7, 11) is 0. The van der Waals surface area contributed by atoms with E-state index in [1.807, 2.05) is 13.8 Å². The fourth-order valence-corrected chi connectivity index (χ4v) is 1.38. The fourth-order valence-electron chi connectivity index (χ4n) is 1.28. The molecule has 0 saturated carbocycles. The molecule has 0 aromatic carbocycles. The highest BCUT2D eigenvalue weighted by atomic mass is 32.1. The molecule has 4 heteroatoms. The Morgan fingerprint density at radius 2 is 1.77 bits per heavy atom. The molecule has 0 aliphatic carbocycles. The zero-order valence-electron chi connectivity index (χ0n) is 8.04. The lowest BCUT2D eigenvalue weighted by atomic mass is 9.96. The van der Waals surface area contributed by atoms with E-state index in [9.17, 15) is 9.59 Å². The lowest BCUT2D eigenvalue weighted by Crippen LogP contribution is -2.38. The summed E-state index contributed by atoms with van der Waals surface area (Å²) in [5.74, 6) is 0.587. The Labute approximate surface area is 83.9 Å². The molecule has 74 valence electrons. The molecule has 0 atom stereocenters. The topological polar surface area (TPSA) is 37.4 Å². The molecule has 1 heterocycles. The number of likely N-dealkylation sites (tertiary alicyclic amines) is 1. The predicted molar refractivity (Wildman–Crippen MR) is 53.6 cm³/mol. The van der Waals surface area contributed by atoms with Gasteiger partial charge in [-0.2, -0.15) is 12.6 Å². The Morgan fingerprint density at radius 1 is 1.31 bits per heavy atom. The van der Waals surface area contributed by atoms with Crippen LogP contribution in [0.25, 0.3) is 0 Å². The minimum Gasteiger partial charge on any atom is -0.282 e. The van der Waals surface area contributed by atoms with E-state index in [0.29, 0.717) is 25.1 Å². The molecule has 3 nitrogen and oxygen atoms in total. The summed E-state index contributed by atoms with van der Waals surface area (Å²) in [6.07, 6.45) is 0.753. The van der Waals surface area contributed by atoms with Gasteiger partial charge in [0.2, 0.25) is 11.8 Å². The van der Waals surface area contributed by atoms with E-state index in [2.05, 4.69) is 12.6 Å². The molecule has 0 unspecified atom stereocenters. The Hall–Kier alpha value is -0.510. The first-order valence-corrected chi connectivity index (χ1v) is 5.03. The van der Waals surface area contributed by atoms with Gasteiger partial charge in [-0.1, -0.05) is 13.8 Å². The van der Waals surface area contributed by atoms with Gasteiger partial charge in [0.05, 0.1) is 0 Å². The second kappa shape index (κ2) is 3.70. The normalized spacial score (nSPS) is 18.5. The van der Waals surface area contributed by atoms with E-state index in [1.165, 1.54) is 4.90 Å².